The van der Waals surface area contributed by atoms with Crippen LogP contribution in [0.4, 0.5) is 10.5 Å². The van der Waals surface area contributed by atoms with Gasteiger partial charge in [0.2, 0.25) is 0 Å². The van der Waals surface area contributed by atoms with E-state index in [9.17, 15) is 4.79 Å². The minimum absolute atomic E-state index is 0.391. The van der Waals surface area contributed by atoms with E-state index >= 15 is 0 Å². The molecule has 1 heterocycles. The largest absolute Gasteiger partial charge is 0.491 e. The van der Waals surface area contributed by atoms with Gasteiger partial charge in [-0.2, -0.15) is 5.10 Å². The molecule has 4 aromatic rings. The van der Waals surface area contributed by atoms with E-state index in [0.29, 0.717) is 18.8 Å². The maximum absolute atomic E-state index is 12.0. The monoisotopic (exact) mass is 412 g/mol. The van der Waals surface area contributed by atoms with Gasteiger partial charge in [-0.25, -0.2) is 10.2 Å². The van der Waals surface area contributed by atoms with E-state index in [2.05, 4.69) is 26.5 Å². The summed E-state index contributed by atoms with van der Waals surface area (Å²) in [6.45, 7) is 3.29. The molecule has 0 spiro atoms. The second-order valence-electron chi connectivity index (χ2n) is 7.10. The van der Waals surface area contributed by atoms with Crippen LogP contribution in [0.25, 0.3) is 10.9 Å². The Kier molecular flexibility index (Phi) is 6.28. The highest BCUT2D eigenvalue weighted by molar-refractivity contribution is 6.00. The van der Waals surface area contributed by atoms with Crippen LogP contribution in [-0.4, -0.2) is 23.4 Å². The van der Waals surface area contributed by atoms with Crippen LogP contribution in [0.2, 0.25) is 0 Å². The Hall–Kier alpha value is -4.06. The van der Waals surface area contributed by atoms with Crippen molar-refractivity contribution >= 4 is 28.8 Å². The predicted molar refractivity (Wildman–Crippen MR) is 125 cm³/mol. The number of hydrazone groups is 1. The van der Waals surface area contributed by atoms with Gasteiger partial charge >= 0.3 is 6.03 Å². The van der Waals surface area contributed by atoms with Gasteiger partial charge in [0.1, 0.15) is 12.4 Å². The first-order chi connectivity index (χ1) is 15.2. The highest BCUT2D eigenvalue weighted by Gasteiger charge is 2.07. The Labute approximate surface area is 181 Å². The minimum Gasteiger partial charge on any atom is -0.491 e. The molecule has 0 aliphatic heterocycles. The number of nitrogens with zero attached hydrogens (tertiary/aromatic N) is 2. The molecule has 0 fully saturated rings. The van der Waals surface area contributed by atoms with Crippen LogP contribution in [0.3, 0.4) is 0 Å². The van der Waals surface area contributed by atoms with Crippen LogP contribution in [0.1, 0.15) is 11.1 Å². The lowest BCUT2D eigenvalue weighted by molar-refractivity contribution is 0.252. The van der Waals surface area contributed by atoms with Gasteiger partial charge in [0, 0.05) is 28.4 Å². The van der Waals surface area contributed by atoms with Crippen molar-refractivity contribution in [2.24, 2.45) is 5.10 Å². The van der Waals surface area contributed by atoms with Gasteiger partial charge in [0.05, 0.1) is 12.8 Å². The number of urea groups is 1. The highest BCUT2D eigenvalue weighted by atomic mass is 16.5. The number of fused-ring (bicyclic) bond motifs is 1. The maximum Gasteiger partial charge on any atom is 0.339 e. The average Bonchev–Trinajstić information content (AvgIpc) is 3.14. The molecule has 0 saturated heterocycles. The lowest BCUT2D eigenvalue weighted by Gasteiger charge is -2.10. The average molecular weight is 412 g/mol. The van der Waals surface area contributed by atoms with Crippen LogP contribution < -0.4 is 15.5 Å². The number of hydrogen-bond acceptors (Lipinski definition) is 3. The topological polar surface area (TPSA) is 67.6 Å². The SMILES string of the molecule is Cc1ccccc1OCCn1cc(C=NNC(=O)Nc2ccccc2)c2ccccc21. The fourth-order valence-corrected chi connectivity index (χ4v) is 3.38. The number of carbonyl (C=O) groups excluding carboxylic acids is 1. The Bertz CT molecular complexity index is 1200. The van der Waals surface area contributed by atoms with Crippen LogP contribution in [0.5, 0.6) is 5.75 Å². The fourth-order valence-electron chi connectivity index (χ4n) is 3.38. The number of anilines is 1. The first-order valence-corrected chi connectivity index (χ1v) is 10.1. The summed E-state index contributed by atoms with van der Waals surface area (Å²) >= 11 is 0. The number of amides is 2. The van der Waals surface area contributed by atoms with Gasteiger partial charge in [0.25, 0.3) is 0 Å². The number of aryl methyl sites for hydroxylation is 1. The molecular weight excluding hydrogens is 388 g/mol. The number of ether oxygens (including phenoxy) is 1. The maximum atomic E-state index is 12.0. The third kappa shape index (κ3) is 5.11. The zero-order valence-corrected chi connectivity index (χ0v) is 17.3. The van der Waals surface area contributed by atoms with Crippen molar-refractivity contribution in [1.82, 2.24) is 9.99 Å². The number of benzene rings is 3. The Balaban J connectivity index is 1.42. The molecule has 0 unspecified atom stereocenters. The Morgan fingerprint density at radius 1 is 1.00 bits per heavy atom. The summed E-state index contributed by atoms with van der Waals surface area (Å²) in [7, 11) is 0. The lowest BCUT2D eigenvalue weighted by Crippen LogP contribution is -2.24. The summed E-state index contributed by atoms with van der Waals surface area (Å²) in [6, 6.07) is 24.9. The molecule has 0 saturated carbocycles. The molecule has 0 radical (unpaired) electrons. The zero-order valence-electron chi connectivity index (χ0n) is 17.3. The minimum atomic E-state index is -0.391. The number of nitrogens with one attached hydrogen (secondary N) is 2. The van der Waals surface area contributed by atoms with Crippen molar-refractivity contribution < 1.29 is 9.53 Å². The molecule has 0 aliphatic rings. The highest BCUT2D eigenvalue weighted by Crippen LogP contribution is 2.21. The second-order valence-corrected chi connectivity index (χ2v) is 7.10. The number of rotatable bonds is 7. The normalized spacial score (nSPS) is 11.0. The van der Waals surface area contributed by atoms with E-state index in [1.165, 1.54) is 0 Å². The summed E-state index contributed by atoms with van der Waals surface area (Å²) in [6.07, 6.45) is 3.68. The van der Waals surface area contributed by atoms with E-state index in [1.54, 1.807) is 6.21 Å². The fraction of sp³-hybridized carbons (Fsp3) is 0.120. The molecular formula is C25H24N4O2. The third-order valence-corrected chi connectivity index (χ3v) is 4.90. The van der Waals surface area contributed by atoms with Gasteiger partial charge in [-0.1, -0.05) is 54.6 Å². The van der Waals surface area contributed by atoms with Crippen LogP contribution in [0.15, 0.2) is 90.2 Å². The summed E-state index contributed by atoms with van der Waals surface area (Å²) in [5.74, 6) is 0.898. The number of hydrogen-bond donors (Lipinski definition) is 2. The van der Waals surface area contributed by atoms with Crippen LogP contribution >= 0.6 is 0 Å². The molecule has 6 nitrogen and oxygen atoms in total. The predicted octanol–water partition coefficient (Wildman–Crippen LogP) is 5.18. The first kappa shape index (κ1) is 20.2. The number of carbonyl (C=O) groups is 1. The molecule has 2 amide bonds. The molecule has 0 aliphatic carbocycles. The third-order valence-electron chi connectivity index (χ3n) is 4.90. The molecule has 156 valence electrons. The molecule has 31 heavy (non-hydrogen) atoms. The molecule has 4 rings (SSSR count). The van der Waals surface area contributed by atoms with Crippen molar-refractivity contribution in [3.63, 3.8) is 0 Å². The quantitative estimate of drug-likeness (QED) is 0.324. The van der Waals surface area contributed by atoms with Crippen LogP contribution in [0, 0.1) is 6.92 Å². The molecule has 0 bridgehead atoms. The Morgan fingerprint density at radius 2 is 1.74 bits per heavy atom. The zero-order chi connectivity index (χ0) is 21.5. The van der Waals surface area contributed by atoms with Crippen molar-refractivity contribution in [1.29, 1.82) is 0 Å². The van der Waals surface area contributed by atoms with Gasteiger partial charge in [-0.15, -0.1) is 0 Å². The molecule has 6 heteroatoms. The number of aromatic nitrogens is 1. The molecule has 3 aromatic carbocycles. The lowest BCUT2D eigenvalue weighted by atomic mass is 10.2. The van der Waals surface area contributed by atoms with Crippen molar-refractivity contribution in [3.05, 3.63) is 96.2 Å². The van der Waals surface area contributed by atoms with Gasteiger partial charge in [-0.05, 0) is 36.8 Å². The summed E-state index contributed by atoms with van der Waals surface area (Å²) in [5, 5.41) is 7.90. The van der Waals surface area contributed by atoms with Gasteiger partial charge in [0.15, 0.2) is 0 Å². The molecule has 0 atom stereocenters. The van der Waals surface area contributed by atoms with Crippen molar-refractivity contribution in [3.8, 4) is 5.75 Å². The summed E-state index contributed by atoms with van der Waals surface area (Å²) < 4.78 is 8.09. The van der Waals surface area contributed by atoms with E-state index in [-0.39, 0.29) is 0 Å². The molecule has 1 aromatic heterocycles. The van der Waals surface area contributed by atoms with E-state index < -0.39 is 6.03 Å². The van der Waals surface area contributed by atoms with Crippen LogP contribution in [-0.2, 0) is 6.54 Å². The standard InChI is InChI=1S/C25H24N4O2/c1-19-9-5-8-14-24(19)31-16-15-29-18-20(22-12-6-7-13-23(22)29)17-26-28-25(30)27-21-10-3-2-4-11-21/h2-14,17-18H,15-16H2,1H3,(H2,27,28,30). The van der Waals surface area contributed by atoms with Crippen molar-refractivity contribution in [2.75, 3.05) is 11.9 Å². The van der Waals surface area contributed by atoms with E-state index in [0.717, 1.165) is 27.8 Å². The Morgan fingerprint density at radius 3 is 2.58 bits per heavy atom. The van der Waals surface area contributed by atoms with Gasteiger partial charge in [-0.3, -0.25) is 0 Å². The second kappa shape index (κ2) is 9.63. The smallest absolute Gasteiger partial charge is 0.339 e. The van der Waals surface area contributed by atoms with E-state index in [4.69, 9.17) is 4.74 Å². The number of para-hydroxylation sites is 3. The summed E-state index contributed by atoms with van der Waals surface area (Å²) in [4.78, 5) is 12.0. The summed E-state index contributed by atoms with van der Waals surface area (Å²) in [5.41, 5.74) is 6.35. The van der Waals surface area contributed by atoms with Gasteiger partial charge < -0.3 is 14.6 Å². The molecule has 2 N–H and O–H groups in total. The van der Waals surface area contributed by atoms with Crippen molar-refractivity contribution in [2.45, 2.75) is 13.5 Å². The first-order valence-electron chi connectivity index (χ1n) is 10.1. The van der Waals surface area contributed by atoms with E-state index in [1.807, 2.05) is 85.9 Å².